The number of rotatable bonds is 3. The molecule has 26 heavy (non-hydrogen) atoms. The maximum Gasteiger partial charge on any atom is 0.260 e. The molecule has 1 aliphatic rings. The molecule has 1 heterocycles. The van der Waals surface area contributed by atoms with Gasteiger partial charge < -0.3 is 5.32 Å². The molecule has 3 aromatic carbocycles. The summed E-state index contributed by atoms with van der Waals surface area (Å²) in [5.41, 5.74) is 1.79. The van der Waals surface area contributed by atoms with E-state index >= 15 is 0 Å². The summed E-state index contributed by atoms with van der Waals surface area (Å²) < 4.78 is 27.7. The number of carbonyl (C=O) groups excluding carboxylic acids is 1. The van der Waals surface area contributed by atoms with E-state index in [1.165, 1.54) is 4.90 Å². The minimum Gasteiger partial charge on any atom is -0.359 e. The summed E-state index contributed by atoms with van der Waals surface area (Å²) in [4.78, 5) is 14.4. The topological polar surface area (TPSA) is 32.3 Å². The summed E-state index contributed by atoms with van der Waals surface area (Å²) >= 11 is 5.94. The molecular weight excluding hydrogens is 358 g/mol. The molecule has 1 atom stereocenters. The number of halogens is 3. The largest absolute Gasteiger partial charge is 0.359 e. The lowest BCUT2D eigenvalue weighted by Gasteiger charge is -2.27. The van der Waals surface area contributed by atoms with Crippen molar-refractivity contribution < 1.29 is 13.6 Å². The van der Waals surface area contributed by atoms with Crippen LogP contribution < -0.4 is 10.2 Å². The van der Waals surface area contributed by atoms with Crippen LogP contribution in [0.5, 0.6) is 0 Å². The van der Waals surface area contributed by atoms with E-state index < -0.39 is 17.8 Å². The van der Waals surface area contributed by atoms with Crippen molar-refractivity contribution >= 4 is 28.9 Å². The van der Waals surface area contributed by atoms with Gasteiger partial charge >= 0.3 is 0 Å². The molecule has 3 aromatic rings. The first-order valence-electron chi connectivity index (χ1n) is 7.94. The van der Waals surface area contributed by atoms with Crippen LogP contribution >= 0.6 is 11.6 Å². The number of fused-ring (bicyclic) bond motifs is 1. The van der Waals surface area contributed by atoms with Crippen LogP contribution in [0.1, 0.15) is 22.1 Å². The van der Waals surface area contributed by atoms with Crippen molar-refractivity contribution in [1.82, 2.24) is 0 Å². The zero-order valence-corrected chi connectivity index (χ0v) is 14.2. The summed E-state index contributed by atoms with van der Waals surface area (Å²) in [6.45, 7) is 0. The molecule has 0 aliphatic carbocycles. The van der Waals surface area contributed by atoms with Crippen molar-refractivity contribution in [3.63, 3.8) is 0 Å². The van der Waals surface area contributed by atoms with Crippen molar-refractivity contribution in [2.75, 3.05) is 10.2 Å². The van der Waals surface area contributed by atoms with Crippen LogP contribution in [0.4, 0.5) is 20.2 Å². The van der Waals surface area contributed by atoms with Crippen LogP contribution in [-0.2, 0) is 0 Å². The highest BCUT2D eigenvalue weighted by atomic mass is 35.5. The second kappa shape index (κ2) is 6.42. The zero-order valence-electron chi connectivity index (χ0n) is 13.4. The molecule has 0 aromatic heterocycles. The Labute approximate surface area is 153 Å². The lowest BCUT2D eigenvalue weighted by Crippen LogP contribution is -2.32. The van der Waals surface area contributed by atoms with Gasteiger partial charge in [-0.1, -0.05) is 29.8 Å². The van der Waals surface area contributed by atoms with Gasteiger partial charge in [0.15, 0.2) is 0 Å². The molecule has 0 radical (unpaired) electrons. The predicted molar refractivity (Wildman–Crippen MR) is 97.4 cm³/mol. The van der Waals surface area contributed by atoms with Crippen molar-refractivity contribution in [2.45, 2.75) is 6.17 Å². The van der Waals surface area contributed by atoms with Gasteiger partial charge in [0.05, 0.1) is 5.69 Å². The molecule has 0 unspecified atom stereocenters. The second-order valence-corrected chi connectivity index (χ2v) is 6.35. The van der Waals surface area contributed by atoms with E-state index in [-0.39, 0.29) is 11.6 Å². The molecular formula is C20H13ClF2N2O. The smallest absolute Gasteiger partial charge is 0.260 e. The van der Waals surface area contributed by atoms with Crippen molar-refractivity contribution in [3.8, 4) is 0 Å². The van der Waals surface area contributed by atoms with E-state index in [2.05, 4.69) is 5.32 Å². The van der Waals surface area contributed by atoms with Crippen LogP contribution in [0.25, 0.3) is 0 Å². The Kier molecular flexibility index (Phi) is 4.09. The van der Waals surface area contributed by atoms with Gasteiger partial charge in [-0.15, -0.1) is 0 Å². The number of nitrogens with zero attached hydrogens (tertiary/aromatic N) is 1. The van der Waals surface area contributed by atoms with E-state index in [1.807, 2.05) is 0 Å². The summed E-state index contributed by atoms with van der Waals surface area (Å²) in [6, 6.07) is 17.0. The van der Waals surface area contributed by atoms with Gasteiger partial charge in [0.1, 0.15) is 17.8 Å². The van der Waals surface area contributed by atoms with Gasteiger partial charge in [0.2, 0.25) is 0 Å². The maximum atomic E-state index is 14.1. The fraction of sp³-hybridized carbons (Fsp3) is 0.0500. The van der Waals surface area contributed by atoms with Gasteiger partial charge in [-0.05, 0) is 42.5 Å². The van der Waals surface area contributed by atoms with Crippen molar-refractivity contribution in [1.29, 1.82) is 0 Å². The van der Waals surface area contributed by atoms with E-state index in [1.54, 1.807) is 48.5 Å². The predicted octanol–water partition coefficient (Wildman–Crippen LogP) is 5.39. The average molecular weight is 371 g/mol. The molecule has 0 spiro atoms. The second-order valence-electron chi connectivity index (χ2n) is 5.91. The van der Waals surface area contributed by atoms with Gasteiger partial charge in [-0.2, -0.15) is 0 Å². The summed E-state index contributed by atoms with van der Waals surface area (Å²) in [7, 11) is 0. The SMILES string of the molecule is O=C1c2ccccc2[C@@H](Nc2cc(F)ccc2F)N1c1ccc(Cl)cc1. The average Bonchev–Trinajstić information content (AvgIpc) is 2.92. The number of anilines is 2. The first-order chi connectivity index (χ1) is 12.5. The Morgan fingerprint density at radius 1 is 0.962 bits per heavy atom. The first-order valence-corrected chi connectivity index (χ1v) is 8.32. The fourth-order valence-electron chi connectivity index (χ4n) is 3.08. The number of nitrogens with one attached hydrogen (secondary N) is 1. The minimum atomic E-state index is -0.670. The Morgan fingerprint density at radius 2 is 1.69 bits per heavy atom. The van der Waals surface area contributed by atoms with Crippen LogP contribution in [0, 0.1) is 11.6 Å². The molecule has 1 N–H and O–H groups in total. The van der Waals surface area contributed by atoms with Crippen LogP contribution in [0.3, 0.4) is 0 Å². The maximum absolute atomic E-state index is 14.1. The van der Waals surface area contributed by atoms with Gasteiger partial charge in [0.25, 0.3) is 5.91 Å². The monoisotopic (exact) mass is 370 g/mol. The Bertz CT molecular complexity index is 991. The molecule has 1 amide bonds. The summed E-state index contributed by atoms with van der Waals surface area (Å²) in [6.07, 6.45) is -0.670. The van der Waals surface area contributed by atoms with Gasteiger partial charge in [-0.3, -0.25) is 9.69 Å². The summed E-state index contributed by atoms with van der Waals surface area (Å²) in [5.74, 6) is -1.39. The molecule has 0 saturated carbocycles. The van der Waals surface area contributed by atoms with E-state index in [0.717, 1.165) is 18.2 Å². The number of amides is 1. The third kappa shape index (κ3) is 2.80. The quantitative estimate of drug-likeness (QED) is 0.670. The van der Waals surface area contributed by atoms with Gasteiger partial charge in [0, 0.05) is 27.9 Å². The van der Waals surface area contributed by atoms with E-state index in [0.29, 0.717) is 21.8 Å². The van der Waals surface area contributed by atoms with Crippen LogP contribution in [0.2, 0.25) is 5.02 Å². The molecule has 3 nitrogen and oxygen atoms in total. The molecule has 6 heteroatoms. The minimum absolute atomic E-state index is 0.0153. The molecule has 4 rings (SSSR count). The highest BCUT2D eigenvalue weighted by Gasteiger charge is 2.37. The van der Waals surface area contributed by atoms with Crippen LogP contribution in [0.15, 0.2) is 66.7 Å². The molecule has 0 fully saturated rings. The third-order valence-electron chi connectivity index (χ3n) is 4.29. The molecule has 0 bridgehead atoms. The summed E-state index contributed by atoms with van der Waals surface area (Å²) in [5, 5.41) is 3.50. The van der Waals surface area contributed by atoms with E-state index in [9.17, 15) is 13.6 Å². The highest BCUT2D eigenvalue weighted by Crippen LogP contribution is 2.38. The van der Waals surface area contributed by atoms with Gasteiger partial charge in [-0.25, -0.2) is 8.78 Å². The first kappa shape index (κ1) is 16.5. The highest BCUT2D eigenvalue weighted by molar-refractivity contribution is 6.30. The van der Waals surface area contributed by atoms with Crippen molar-refractivity contribution in [2.24, 2.45) is 0 Å². The Morgan fingerprint density at radius 3 is 2.46 bits per heavy atom. The Balaban J connectivity index is 1.80. The fourth-order valence-corrected chi connectivity index (χ4v) is 3.21. The Hall–Kier alpha value is -2.92. The standard InChI is InChI=1S/C20H13ClF2N2O/c21-12-5-8-14(9-6-12)25-19(15-3-1-2-4-16(15)20(25)26)24-18-11-13(22)7-10-17(18)23/h1-11,19,24H/t19-/m0/s1. The lowest BCUT2D eigenvalue weighted by atomic mass is 10.1. The third-order valence-corrected chi connectivity index (χ3v) is 4.54. The van der Waals surface area contributed by atoms with Crippen molar-refractivity contribution in [3.05, 3.63) is 94.5 Å². The molecule has 130 valence electrons. The van der Waals surface area contributed by atoms with E-state index in [4.69, 9.17) is 11.6 Å². The number of hydrogen-bond donors (Lipinski definition) is 1. The zero-order chi connectivity index (χ0) is 18.3. The van der Waals surface area contributed by atoms with Crippen LogP contribution in [-0.4, -0.2) is 5.91 Å². The lowest BCUT2D eigenvalue weighted by molar-refractivity contribution is 0.0993. The molecule has 0 saturated heterocycles. The number of benzene rings is 3. The normalized spacial score (nSPS) is 15.9. The molecule has 1 aliphatic heterocycles. The number of hydrogen-bond acceptors (Lipinski definition) is 2. The number of carbonyl (C=O) groups is 1.